The van der Waals surface area contributed by atoms with Gasteiger partial charge in [-0.15, -0.1) is 0 Å². The summed E-state index contributed by atoms with van der Waals surface area (Å²) in [7, 11) is 0. The van der Waals surface area contributed by atoms with E-state index in [1.807, 2.05) is 0 Å². The molecule has 0 unspecified atom stereocenters. The van der Waals surface area contributed by atoms with Crippen LogP contribution in [0.4, 0.5) is 0 Å². The van der Waals surface area contributed by atoms with Gasteiger partial charge in [0.15, 0.2) is 12.1 Å². The molecule has 0 radical (unpaired) electrons. The molecule has 0 aromatic rings. The van der Waals surface area contributed by atoms with E-state index >= 15 is 0 Å². The third-order valence-corrected chi connectivity index (χ3v) is 3.55. The largest absolute Gasteiger partial charge is 1.00 e. The minimum Gasteiger partial charge on any atom is -1.00 e. The minimum absolute atomic E-state index is 0. The number of carboxylic acid groups (broad SMARTS) is 1. The van der Waals surface area contributed by atoms with Crippen LogP contribution in [0.1, 0.15) is 7.85 Å². The number of aliphatic hydroxyl groups is 10. The van der Waals surface area contributed by atoms with Crippen LogP contribution in [-0.2, 0) is 19.2 Å². The number of hydrogen-bond acceptors (Lipinski definition) is 15. The zero-order valence-corrected chi connectivity index (χ0v) is 21.4. The number of primary amides is 1. The number of hydrogen-bond donors (Lipinski definition) is 13. The molecule has 198 valence electrons. The Kier molecular flexibility index (Phi) is 27.4. The normalized spacial score (nSPS) is 17.3. The van der Waals surface area contributed by atoms with Crippen LogP contribution in [0.25, 0.3) is 0 Å². The Morgan fingerprint density at radius 3 is 1.50 bits per heavy atom. The fourth-order valence-electron chi connectivity index (χ4n) is 1.52. The predicted octanol–water partition coefficient (Wildman–Crippen LogP) is -11.4. The predicted molar refractivity (Wildman–Crippen MR) is 105 cm³/mol. The third kappa shape index (κ3) is 18.8. The third-order valence-electron chi connectivity index (χ3n) is 3.55. The molecule has 1 amide bonds. The van der Waals surface area contributed by atoms with Crippen LogP contribution < -0.4 is 62.9 Å². The molecule has 0 saturated carbocycles. The second-order valence-electron chi connectivity index (χ2n) is 6.28. The molecule has 34 heavy (non-hydrogen) atoms. The van der Waals surface area contributed by atoms with E-state index < -0.39 is 86.2 Å². The molecule has 15 N–H and O–H groups in total. The number of nitrogens with two attached hydrogens (primary N) is 2. The molecule has 0 aliphatic heterocycles. The van der Waals surface area contributed by atoms with Crippen LogP contribution in [0.2, 0.25) is 0 Å². The van der Waals surface area contributed by atoms with E-state index in [-0.39, 0.29) is 65.5 Å². The van der Waals surface area contributed by atoms with Gasteiger partial charge < -0.3 is 73.9 Å². The van der Waals surface area contributed by atoms with Gasteiger partial charge in [0.25, 0.3) is 0 Å². The number of rotatable bonds is 13. The fourth-order valence-corrected chi connectivity index (χ4v) is 1.52. The Bertz CT molecular complexity index is 591. The van der Waals surface area contributed by atoms with Crippen molar-refractivity contribution in [3.05, 3.63) is 0 Å². The Balaban J connectivity index is -0.000000126. The van der Waals surface area contributed by atoms with Crippen LogP contribution in [0.3, 0.4) is 0 Å². The number of ketones is 1. The molecule has 17 nitrogen and oxygen atoms in total. The SMILES string of the molecule is NC(=O)C[C@H](N)C(=O)O.O=C(CO)[C@@H](O)[C@H](O)[C@H](O)CO.O=C[C@H](O)[C@@H](O)[C@H](O)[C@H](O)CO.[H-].[K+]. The Morgan fingerprint density at radius 2 is 1.24 bits per heavy atom. The maximum atomic E-state index is 10.5. The van der Waals surface area contributed by atoms with Crippen molar-refractivity contribution in [2.45, 2.75) is 55.2 Å². The van der Waals surface area contributed by atoms with E-state index in [1.165, 1.54) is 0 Å². The first-order valence-corrected chi connectivity index (χ1v) is 8.96. The molecule has 0 aliphatic carbocycles. The van der Waals surface area contributed by atoms with E-state index in [2.05, 4.69) is 5.73 Å². The molecule has 18 heteroatoms. The maximum Gasteiger partial charge on any atom is 1.00 e. The van der Waals surface area contributed by atoms with E-state index in [0.717, 1.165) is 0 Å². The quantitative estimate of drug-likeness (QED) is 0.0772. The van der Waals surface area contributed by atoms with E-state index in [4.69, 9.17) is 61.9 Å². The Morgan fingerprint density at radius 1 is 0.824 bits per heavy atom. The summed E-state index contributed by atoms with van der Waals surface area (Å²) >= 11 is 0. The molecule has 0 spiro atoms. The second kappa shape index (κ2) is 22.9. The molecule has 0 aromatic heterocycles. The first-order chi connectivity index (χ1) is 15.1. The topological polar surface area (TPSA) is 343 Å². The van der Waals surface area contributed by atoms with Crippen molar-refractivity contribution < 1.29 is 128 Å². The van der Waals surface area contributed by atoms with Crippen molar-refractivity contribution in [3.8, 4) is 0 Å². The van der Waals surface area contributed by atoms with Gasteiger partial charge in [-0.05, 0) is 0 Å². The van der Waals surface area contributed by atoms with E-state index in [0.29, 0.717) is 0 Å². The van der Waals surface area contributed by atoms with Crippen LogP contribution in [0.5, 0.6) is 0 Å². The summed E-state index contributed by atoms with van der Waals surface area (Å²) in [6.07, 6.45) is -12.4. The van der Waals surface area contributed by atoms with Crippen molar-refractivity contribution in [3.63, 3.8) is 0 Å². The fraction of sp³-hybridized carbons (Fsp3) is 0.750. The molecule has 0 saturated heterocycles. The first-order valence-electron chi connectivity index (χ1n) is 8.96. The average Bonchev–Trinajstić information content (AvgIpc) is 2.79. The number of amides is 1. The summed E-state index contributed by atoms with van der Waals surface area (Å²) in [5, 5.41) is 94.7. The molecule has 0 fully saturated rings. The standard InChI is InChI=1S/2C6H12O6.C4H8N2O3.K.H/c2*7-1-3(9)5(11)6(12)4(10)2-8;5-2(4(8)9)1-3(6)7;;/h3,5-9,11-12H,1-2H2;1,3-6,8-12H,2H2;2H,1,5H2,(H2,6,7)(H,8,9);;/q;;;+1;-1/t3-,5-,6-;3-,4+,5+,6+;2-;;/m100../s1. The van der Waals surface area contributed by atoms with Gasteiger partial charge >= 0.3 is 57.4 Å². The number of Topliss-reactive ketones (excluding diaryl/α,β-unsaturated/α-hetero) is 1. The number of carboxylic acids is 1. The van der Waals surface area contributed by atoms with E-state index in [9.17, 15) is 19.2 Å². The van der Waals surface area contributed by atoms with E-state index in [1.54, 1.807) is 0 Å². The van der Waals surface area contributed by atoms with Gasteiger partial charge in [-0.3, -0.25) is 14.4 Å². The summed E-state index contributed by atoms with van der Waals surface area (Å²) in [5.41, 5.74) is 9.57. The van der Waals surface area contributed by atoms with Crippen LogP contribution in [-0.4, -0.2) is 149 Å². The zero-order chi connectivity index (χ0) is 26.9. The smallest absolute Gasteiger partial charge is 1.00 e. The van der Waals surface area contributed by atoms with Crippen molar-refractivity contribution in [2.24, 2.45) is 11.5 Å². The van der Waals surface area contributed by atoms with Crippen LogP contribution >= 0.6 is 0 Å². The Hall–Kier alpha value is -0.524. The van der Waals surface area contributed by atoms with Gasteiger partial charge in [0.05, 0.1) is 19.6 Å². The van der Waals surface area contributed by atoms with Gasteiger partial charge in [0, 0.05) is 0 Å². The molecule has 0 rings (SSSR count). The Labute approximate surface area is 237 Å². The summed E-state index contributed by atoms with van der Waals surface area (Å²) in [6.45, 7) is -2.45. The minimum atomic E-state index is -1.86. The van der Waals surface area contributed by atoms with Crippen LogP contribution in [0.15, 0.2) is 0 Å². The molecule has 0 aromatic carbocycles. The monoisotopic (exact) mass is 532 g/mol. The van der Waals surface area contributed by atoms with Crippen LogP contribution in [0, 0.1) is 0 Å². The molecule has 8 atom stereocenters. The number of aliphatic carboxylic acids is 1. The van der Waals surface area contributed by atoms with Gasteiger partial charge in [-0.25, -0.2) is 0 Å². The molecular weight excluding hydrogens is 499 g/mol. The van der Waals surface area contributed by atoms with Crippen molar-refractivity contribution in [2.75, 3.05) is 19.8 Å². The summed E-state index contributed by atoms with van der Waals surface area (Å²) in [6, 6.07) is -1.16. The molecule has 0 aliphatic rings. The first kappa shape index (κ1) is 40.6. The summed E-state index contributed by atoms with van der Waals surface area (Å²) < 4.78 is 0. The van der Waals surface area contributed by atoms with Gasteiger partial charge in [0.2, 0.25) is 5.91 Å². The zero-order valence-electron chi connectivity index (χ0n) is 19.2. The maximum absolute atomic E-state index is 10.5. The van der Waals surface area contributed by atoms with Crippen molar-refractivity contribution in [1.82, 2.24) is 0 Å². The van der Waals surface area contributed by atoms with Gasteiger partial charge in [-0.2, -0.15) is 0 Å². The number of aliphatic hydroxyl groups excluding tert-OH is 10. The van der Waals surface area contributed by atoms with Gasteiger partial charge in [-0.1, -0.05) is 0 Å². The molecule has 0 bridgehead atoms. The van der Waals surface area contributed by atoms with Gasteiger partial charge in [0.1, 0.15) is 55.4 Å². The molecule has 0 heterocycles. The second-order valence-corrected chi connectivity index (χ2v) is 6.28. The summed E-state index contributed by atoms with van der Waals surface area (Å²) in [4.78, 5) is 40.3. The van der Waals surface area contributed by atoms with Crippen molar-refractivity contribution >= 4 is 23.9 Å². The summed E-state index contributed by atoms with van der Waals surface area (Å²) in [5.74, 6) is -2.92. The van der Waals surface area contributed by atoms with Crippen molar-refractivity contribution in [1.29, 1.82) is 0 Å². The molecular formula is C16H33KN2O15. The number of carbonyl (C=O) groups excluding carboxylic acids is 3. The number of aldehydes is 1. The number of carbonyl (C=O) groups is 4. The average molecular weight is 533 g/mol.